The van der Waals surface area contributed by atoms with Gasteiger partial charge in [-0.15, -0.1) is 0 Å². The van der Waals surface area contributed by atoms with Gasteiger partial charge in [0.1, 0.15) is 6.10 Å². The highest BCUT2D eigenvalue weighted by molar-refractivity contribution is 5.72. The zero-order valence-corrected chi connectivity index (χ0v) is 34.7. The Morgan fingerprint density at radius 3 is 1.44 bits per heavy atom. The molecule has 50 heavy (non-hydrogen) atoms. The SMILES string of the molecule is CCCCCCCC/C=C\CCCCCCCCC(CCCCCCCC/C=C\C[C@H](C)CCCCCC)OC(=O)C1CCC(N(C)C)CC1. The van der Waals surface area contributed by atoms with Gasteiger partial charge in [0.25, 0.3) is 0 Å². The fraction of sp³-hybridized carbons (Fsp3) is 0.894. The van der Waals surface area contributed by atoms with Crippen LogP contribution in [0.1, 0.15) is 233 Å². The number of hydrogen-bond acceptors (Lipinski definition) is 3. The van der Waals surface area contributed by atoms with E-state index in [0.717, 1.165) is 44.4 Å². The molecule has 0 aromatic heterocycles. The monoisotopic (exact) mass is 700 g/mol. The third-order valence-corrected chi connectivity index (χ3v) is 11.5. The fourth-order valence-corrected chi connectivity index (χ4v) is 7.80. The number of allylic oxidation sites excluding steroid dienone is 4. The molecule has 1 aliphatic carbocycles. The van der Waals surface area contributed by atoms with Crippen molar-refractivity contribution in [2.24, 2.45) is 11.8 Å². The third-order valence-electron chi connectivity index (χ3n) is 11.5. The van der Waals surface area contributed by atoms with Crippen LogP contribution in [0.4, 0.5) is 0 Å². The first kappa shape index (κ1) is 46.9. The fourth-order valence-electron chi connectivity index (χ4n) is 7.80. The minimum Gasteiger partial charge on any atom is -0.462 e. The Balaban J connectivity index is 2.22. The Morgan fingerprint density at radius 1 is 0.560 bits per heavy atom. The van der Waals surface area contributed by atoms with Crippen LogP contribution in [0, 0.1) is 11.8 Å². The average molecular weight is 700 g/mol. The van der Waals surface area contributed by atoms with Gasteiger partial charge in [0.05, 0.1) is 5.92 Å². The number of rotatable bonds is 35. The quantitative estimate of drug-likeness (QED) is 0.0375. The van der Waals surface area contributed by atoms with Crippen LogP contribution in [0.5, 0.6) is 0 Å². The van der Waals surface area contributed by atoms with Gasteiger partial charge in [-0.2, -0.15) is 0 Å². The lowest BCUT2D eigenvalue weighted by atomic mass is 9.85. The Morgan fingerprint density at radius 2 is 0.960 bits per heavy atom. The summed E-state index contributed by atoms with van der Waals surface area (Å²) in [7, 11) is 4.34. The molecule has 0 aliphatic heterocycles. The minimum atomic E-state index is 0.107. The molecule has 0 N–H and O–H groups in total. The number of esters is 1. The van der Waals surface area contributed by atoms with Crippen LogP contribution in [-0.2, 0) is 9.53 Å². The second-order valence-electron chi connectivity index (χ2n) is 16.6. The van der Waals surface area contributed by atoms with E-state index < -0.39 is 0 Å². The Labute approximate surface area is 314 Å². The van der Waals surface area contributed by atoms with Gasteiger partial charge in [-0.25, -0.2) is 0 Å². The maximum atomic E-state index is 13.2. The summed E-state index contributed by atoms with van der Waals surface area (Å²) in [6, 6.07) is 0.626. The highest BCUT2D eigenvalue weighted by Gasteiger charge is 2.29. The maximum absolute atomic E-state index is 13.2. The van der Waals surface area contributed by atoms with Crippen LogP contribution in [0.3, 0.4) is 0 Å². The van der Waals surface area contributed by atoms with Gasteiger partial charge in [-0.1, -0.05) is 161 Å². The van der Waals surface area contributed by atoms with E-state index >= 15 is 0 Å². The van der Waals surface area contributed by atoms with Crippen molar-refractivity contribution in [3.05, 3.63) is 24.3 Å². The van der Waals surface area contributed by atoms with E-state index in [4.69, 9.17) is 4.74 Å². The zero-order chi connectivity index (χ0) is 36.3. The smallest absolute Gasteiger partial charge is 0.309 e. The van der Waals surface area contributed by atoms with E-state index in [1.54, 1.807) is 0 Å². The molecule has 1 saturated carbocycles. The number of carbonyl (C=O) groups excluding carboxylic acids is 1. The molecule has 2 atom stereocenters. The van der Waals surface area contributed by atoms with Crippen LogP contribution >= 0.6 is 0 Å². The Bertz CT molecular complexity index is 780. The van der Waals surface area contributed by atoms with Crippen molar-refractivity contribution in [3.8, 4) is 0 Å². The molecule has 3 nitrogen and oxygen atoms in total. The van der Waals surface area contributed by atoms with Gasteiger partial charge in [0, 0.05) is 6.04 Å². The van der Waals surface area contributed by atoms with E-state index in [9.17, 15) is 4.79 Å². The lowest BCUT2D eigenvalue weighted by Crippen LogP contribution is -2.35. The average Bonchev–Trinajstić information content (AvgIpc) is 3.12. The molecular weight excluding hydrogens is 611 g/mol. The maximum Gasteiger partial charge on any atom is 0.309 e. The first-order chi connectivity index (χ1) is 24.5. The molecule has 1 fully saturated rings. The predicted molar refractivity (Wildman–Crippen MR) is 222 cm³/mol. The molecule has 0 aromatic rings. The Hall–Kier alpha value is -1.09. The molecule has 1 unspecified atom stereocenters. The number of ether oxygens (including phenoxy) is 1. The third kappa shape index (κ3) is 28.5. The van der Waals surface area contributed by atoms with E-state index in [2.05, 4.69) is 64.1 Å². The molecule has 0 heterocycles. The summed E-state index contributed by atoms with van der Waals surface area (Å²) in [5, 5.41) is 0. The molecule has 0 radical (unpaired) electrons. The van der Waals surface area contributed by atoms with Gasteiger partial charge in [0.2, 0.25) is 0 Å². The summed E-state index contributed by atoms with van der Waals surface area (Å²) in [5.41, 5.74) is 0. The summed E-state index contributed by atoms with van der Waals surface area (Å²) in [6.45, 7) is 7.00. The zero-order valence-electron chi connectivity index (χ0n) is 34.7. The van der Waals surface area contributed by atoms with Gasteiger partial charge in [-0.05, 0) is 116 Å². The van der Waals surface area contributed by atoms with Gasteiger partial charge in [-0.3, -0.25) is 4.79 Å². The molecule has 294 valence electrons. The van der Waals surface area contributed by atoms with Crippen LogP contribution in [0.15, 0.2) is 24.3 Å². The normalized spacial score (nSPS) is 18.0. The second kappa shape index (κ2) is 35.0. The van der Waals surface area contributed by atoms with Crippen molar-refractivity contribution in [1.82, 2.24) is 4.90 Å². The van der Waals surface area contributed by atoms with Gasteiger partial charge >= 0.3 is 5.97 Å². The first-order valence-corrected chi connectivity index (χ1v) is 22.6. The topological polar surface area (TPSA) is 29.5 Å². The molecule has 0 spiro atoms. The van der Waals surface area contributed by atoms with Crippen LogP contribution in [0.2, 0.25) is 0 Å². The van der Waals surface area contributed by atoms with Gasteiger partial charge < -0.3 is 9.64 Å². The first-order valence-electron chi connectivity index (χ1n) is 22.6. The lowest BCUT2D eigenvalue weighted by Gasteiger charge is -2.32. The van der Waals surface area contributed by atoms with Crippen molar-refractivity contribution in [1.29, 1.82) is 0 Å². The molecule has 0 bridgehead atoms. The molecule has 3 heteroatoms. The molecule has 0 saturated heterocycles. The molecule has 0 amide bonds. The van der Waals surface area contributed by atoms with Crippen LogP contribution in [-0.4, -0.2) is 37.1 Å². The summed E-state index contributed by atoms with van der Waals surface area (Å²) in [6.07, 6.45) is 52.2. The highest BCUT2D eigenvalue weighted by atomic mass is 16.5. The molecule has 1 rings (SSSR count). The molecule has 0 aromatic carbocycles. The van der Waals surface area contributed by atoms with E-state index in [0.29, 0.717) is 6.04 Å². The van der Waals surface area contributed by atoms with Crippen molar-refractivity contribution in [2.45, 2.75) is 245 Å². The predicted octanol–water partition coefficient (Wildman–Crippen LogP) is 15.1. The van der Waals surface area contributed by atoms with E-state index in [-0.39, 0.29) is 18.0 Å². The number of carbonyl (C=O) groups is 1. The van der Waals surface area contributed by atoms with Crippen molar-refractivity contribution < 1.29 is 9.53 Å². The summed E-state index contributed by atoms with van der Waals surface area (Å²) in [4.78, 5) is 15.5. The Kier molecular flexibility index (Phi) is 32.8. The summed E-state index contributed by atoms with van der Waals surface area (Å²) >= 11 is 0. The second-order valence-corrected chi connectivity index (χ2v) is 16.6. The van der Waals surface area contributed by atoms with E-state index in [1.807, 2.05) is 0 Å². The van der Waals surface area contributed by atoms with Gasteiger partial charge in [0.15, 0.2) is 0 Å². The molecular formula is C47H89NO2. The highest BCUT2D eigenvalue weighted by Crippen LogP contribution is 2.29. The van der Waals surface area contributed by atoms with Crippen LogP contribution < -0.4 is 0 Å². The number of nitrogens with zero attached hydrogens (tertiary/aromatic N) is 1. The standard InChI is InChI=1S/C47H89NO2/c1-6-8-10-12-13-14-15-16-17-18-19-20-23-26-29-33-37-46(50-47(49)44-39-41-45(42-40-44)48(4)5)38-34-30-27-24-21-22-25-28-32-36-43(3)35-31-11-9-7-2/h16-17,28,32,43-46H,6-15,18-27,29-31,33-42H2,1-5H3/b17-16-,32-28-/t43-,44?,45?,46?/m1/s1. The minimum absolute atomic E-state index is 0.107. The number of unbranched alkanes of at least 4 members (excludes halogenated alkanes) is 21. The molecule has 1 aliphatic rings. The van der Waals surface area contributed by atoms with Crippen molar-refractivity contribution in [2.75, 3.05) is 14.1 Å². The lowest BCUT2D eigenvalue weighted by molar-refractivity contribution is -0.156. The largest absolute Gasteiger partial charge is 0.462 e. The summed E-state index contributed by atoms with van der Waals surface area (Å²) < 4.78 is 6.27. The van der Waals surface area contributed by atoms with E-state index in [1.165, 1.54) is 173 Å². The summed E-state index contributed by atoms with van der Waals surface area (Å²) in [5.74, 6) is 1.07. The van der Waals surface area contributed by atoms with Crippen LogP contribution in [0.25, 0.3) is 0 Å². The van der Waals surface area contributed by atoms with Crippen molar-refractivity contribution >= 4 is 5.97 Å². The van der Waals surface area contributed by atoms with Crippen molar-refractivity contribution in [3.63, 3.8) is 0 Å². The number of hydrogen-bond donors (Lipinski definition) is 0.